The van der Waals surface area contributed by atoms with Gasteiger partial charge < -0.3 is 15.3 Å². The second-order valence-electron chi connectivity index (χ2n) is 8.95. The van der Waals surface area contributed by atoms with Crippen LogP contribution >= 0.6 is 11.6 Å². The van der Waals surface area contributed by atoms with Crippen molar-refractivity contribution in [2.75, 3.05) is 36.5 Å². The van der Waals surface area contributed by atoms with Gasteiger partial charge in [-0.1, -0.05) is 18.0 Å². The second-order valence-corrected chi connectivity index (χ2v) is 9.39. The summed E-state index contributed by atoms with van der Waals surface area (Å²) < 4.78 is 0. The molecule has 0 atom stereocenters. The highest BCUT2D eigenvalue weighted by atomic mass is 35.5. The van der Waals surface area contributed by atoms with E-state index < -0.39 is 0 Å². The number of piperidine rings is 1. The molecular formula is C26H35ClN6O. The van der Waals surface area contributed by atoms with Crippen LogP contribution in [0.5, 0.6) is 0 Å². The molecule has 0 bridgehead atoms. The van der Waals surface area contributed by atoms with E-state index >= 15 is 0 Å². The molecule has 1 aromatic carbocycles. The summed E-state index contributed by atoms with van der Waals surface area (Å²) in [4.78, 5) is 21.0. The Morgan fingerprint density at radius 3 is 2.41 bits per heavy atom. The molecule has 0 spiro atoms. The second kappa shape index (κ2) is 12.8. The maximum absolute atomic E-state index is 9.11. The number of nitrogens with one attached hydrogen (secondary N) is 1. The number of anilines is 2. The zero-order chi connectivity index (χ0) is 23.6. The summed E-state index contributed by atoms with van der Waals surface area (Å²) >= 11 is 6.09. The van der Waals surface area contributed by atoms with Crippen LogP contribution in [-0.2, 0) is 12.8 Å². The molecule has 2 N–H and O–H groups in total. The standard InChI is InChI=1S/C26H35ClN6O/c27-20-11-12-21-22(13-15-29-23(21)19-20)28-14-5-1-3-9-24-30-25(10-4-8-18-34)32-26(31-24)33-16-6-2-7-17-33/h11-13,15,19,34H,1-10,14,16-18H2,(H,28,29). The highest BCUT2D eigenvalue weighted by Gasteiger charge is 2.16. The normalized spacial score (nSPS) is 14.0. The number of rotatable bonds is 12. The van der Waals surface area contributed by atoms with Gasteiger partial charge in [0.15, 0.2) is 0 Å². The quantitative estimate of drug-likeness (QED) is 0.343. The van der Waals surface area contributed by atoms with Crippen molar-refractivity contribution in [3.8, 4) is 0 Å². The topological polar surface area (TPSA) is 87.1 Å². The van der Waals surface area contributed by atoms with Crippen LogP contribution in [0.25, 0.3) is 10.9 Å². The lowest BCUT2D eigenvalue weighted by Crippen LogP contribution is -2.31. The fourth-order valence-corrected chi connectivity index (χ4v) is 4.56. The van der Waals surface area contributed by atoms with Crippen molar-refractivity contribution in [2.45, 2.75) is 64.2 Å². The molecule has 8 heteroatoms. The van der Waals surface area contributed by atoms with E-state index in [2.05, 4.69) is 15.2 Å². The Morgan fingerprint density at radius 1 is 0.882 bits per heavy atom. The summed E-state index contributed by atoms with van der Waals surface area (Å²) in [6.45, 7) is 3.18. The van der Waals surface area contributed by atoms with Crippen molar-refractivity contribution in [1.82, 2.24) is 19.9 Å². The summed E-state index contributed by atoms with van der Waals surface area (Å²) in [6, 6.07) is 7.84. The van der Waals surface area contributed by atoms with Crippen molar-refractivity contribution < 1.29 is 5.11 Å². The van der Waals surface area contributed by atoms with Crippen molar-refractivity contribution in [2.24, 2.45) is 0 Å². The fourth-order valence-electron chi connectivity index (χ4n) is 4.39. The molecular weight excluding hydrogens is 448 g/mol. The zero-order valence-corrected chi connectivity index (χ0v) is 20.6. The third-order valence-electron chi connectivity index (χ3n) is 6.26. The number of halogens is 1. The molecule has 182 valence electrons. The predicted molar refractivity (Wildman–Crippen MR) is 139 cm³/mol. The van der Waals surface area contributed by atoms with Gasteiger partial charge in [-0.05, 0) is 69.2 Å². The lowest BCUT2D eigenvalue weighted by Gasteiger charge is -2.27. The van der Waals surface area contributed by atoms with E-state index in [0.717, 1.165) is 98.8 Å². The molecule has 7 nitrogen and oxygen atoms in total. The maximum Gasteiger partial charge on any atom is 0.228 e. The molecule has 1 aliphatic heterocycles. The van der Waals surface area contributed by atoms with Crippen LogP contribution in [0.3, 0.4) is 0 Å². The predicted octanol–water partition coefficient (Wildman–Crippen LogP) is 5.20. The summed E-state index contributed by atoms with van der Waals surface area (Å²) in [7, 11) is 0. The van der Waals surface area contributed by atoms with E-state index in [9.17, 15) is 0 Å². The third-order valence-corrected chi connectivity index (χ3v) is 6.50. The first-order chi connectivity index (χ1) is 16.7. The number of aliphatic hydroxyl groups is 1. The van der Waals surface area contributed by atoms with Crippen molar-refractivity contribution in [3.05, 3.63) is 47.1 Å². The number of fused-ring (bicyclic) bond motifs is 1. The van der Waals surface area contributed by atoms with E-state index in [0.29, 0.717) is 5.02 Å². The number of hydrogen-bond acceptors (Lipinski definition) is 7. The average Bonchev–Trinajstić information content (AvgIpc) is 2.86. The Labute approximate surface area is 207 Å². The number of aromatic nitrogens is 4. The first-order valence-corrected chi connectivity index (χ1v) is 13.0. The summed E-state index contributed by atoms with van der Waals surface area (Å²) in [5.41, 5.74) is 2.00. The molecule has 1 saturated heterocycles. The number of unbranched alkanes of at least 4 members (excludes halogenated alkanes) is 3. The lowest BCUT2D eigenvalue weighted by atomic mass is 10.1. The van der Waals surface area contributed by atoms with Gasteiger partial charge in [0.2, 0.25) is 5.95 Å². The Kier molecular flexibility index (Phi) is 9.27. The Balaban J connectivity index is 1.28. The molecule has 0 unspecified atom stereocenters. The molecule has 0 radical (unpaired) electrons. The molecule has 0 saturated carbocycles. The minimum atomic E-state index is 0.216. The fraction of sp³-hybridized carbons (Fsp3) is 0.538. The lowest BCUT2D eigenvalue weighted by molar-refractivity contribution is 0.284. The molecule has 4 rings (SSSR count). The van der Waals surface area contributed by atoms with Crippen LogP contribution in [0, 0.1) is 0 Å². The molecule has 3 heterocycles. The SMILES string of the molecule is OCCCCc1nc(CCCCCNc2ccnc3cc(Cl)ccc23)nc(N2CCCCC2)n1. The van der Waals surface area contributed by atoms with Gasteiger partial charge in [-0.3, -0.25) is 4.98 Å². The van der Waals surface area contributed by atoms with Crippen LogP contribution in [0.15, 0.2) is 30.5 Å². The number of aryl methyl sites for hydroxylation is 2. The van der Waals surface area contributed by atoms with Gasteiger partial charge in [-0.25, -0.2) is 4.98 Å². The molecule has 1 fully saturated rings. The van der Waals surface area contributed by atoms with Gasteiger partial charge in [-0.2, -0.15) is 9.97 Å². The third kappa shape index (κ3) is 7.00. The van der Waals surface area contributed by atoms with E-state index in [1.165, 1.54) is 19.3 Å². The summed E-state index contributed by atoms with van der Waals surface area (Å²) in [5.74, 6) is 2.61. The van der Waals surface area contributed by atoms with E-state index in [1.807, 2.05) is 30.5 Å². The minimum Gasteiger partial charge on any atom is -0.396 e. The molecule has 3 aromatic rings. The van der Waals surface area contributed by atoms with Crippen LogP contribution in [0.2, 0.25) is 5.02 Å². The number of nitrogens with zero attached hydrogens (tertiary/aromatic N) is 5. The number of benzene rings is 1. The number of hydrogen-bond donors (Lipinski definition) is 2. The number of pyridine rings is 1. The van der Waals surface area contributed by atoms with Crippen LogP contribution in [0.1, 0.15) is 63.0 Å². The van der Waals surface area contributed by atoms with E-state index in [1.54, 1.807) is 0 Å². The first kappa shape index (κ1) is 24.6. The van der Waals surface area contributed by atoms with Gasteiger partial charge >= 0.3 is 0 Å². The first-order valence-electron chi connectivity index (χ1n) is 12.6. The molecule has 0 amide bonds. The van der Waals surface area contributed by atoms with Crippen molar-refractivity contribution in [3.63, 3.8) is 0 Å². The minimum absolute atomic E-state index is 0.216. The smallest absolute Gasteiger partial charge is 0.228 e. The molecule has 2 aromatic heterocycles. The highest BCUT2D eigenvalue weighted by Crippen LogP contribution is 2.24. The molecule has 34 heavy (non-hydrogen) atoms. The number of aliphatic hydroxyl groups excluding tert-OH is 1. The van der Waals surface area contributed by atoms with Crippen LogP contribution in [-0.4, -0.2) is 51.3 Å². The van der Waals surface area contributed by atoms with E-state index in [-0.39, 0.29) is 6.61 Å². The van der Waals surface area contributed by atoms with Gasteiger partial charge in [0.05, 0.1) is 5.52 Å². The Hall–Kier alpha value is -2.51. The van der Waals surface area contributed by atoms with E-state index in [4.69, 9.17) is 31.7 Å². The largest absolute Gasteiger partial charge is 0.396 e. The maximum atomic E-state index is 9.11. The molecule has 0 aliphatic carbocycles. The zero-order valence-electron chi connectivity index (χ0n) is 19.8. The Bertz CT molecular complexity index is 1060. The molecule has 1 aliphatic rings. The highest BCUT2D eigenvalue weighted by molar-refractivity contribution is 6.31. The van der Waals surface area contributed by atoms with Crippen LogP contribution in [0.4, 0.5) is 11.6 Å². The monoisotopic (exact) mass is 482 g/mol. The van der Waals surface area contributed by atoms with Gasteiger partial charge in [0, 0.05) is 61.4 Å². The van der Waals surface area contributed by atoms with Crippen LogP contribution < -0.4 is 10.2 Å². The average molecular weight is 483 g/mol. The van der Waals surface area contributed by atoms with Gasteiger partial charge in [-0.15, -0.1) is 0 Å². The van der Waals surface area contributed by atoms with Crippen molar-refractivity contribution in [1.29, 1.82) is 0 Å². The van der Waals surface area contributed by atoms with Crippen molar-refractivity contribution >= 4 is 34.1 Å². The van der Waals surface area contributed by atoms with Gasteiger partial charge in [0.25, 0.3) is 0 Å². The summed E-state index contributed by atoms with van der Waals surface area (Å²) in [6.07, 6.45) is 12.1. The Morgan fingerprint density at radius 2 is 1.65 bits per heavy atom. The summed E-state index contributed by atoms with van der Waals surface area (Å²) in [5, 5.41) is 14.4. The van der Waals surface area contributed by atoms with Gasteiger partial charge in [0.1, 0.15) is 11.6 Å².